The summed E-state index contributed by atoms with van der Waals surface area (Å²) in [5, 5.41) is 10.1. The molecule has 0 saturated heterocycles. The first-order valence-electron chi connectivity index (χ1n) is 9.27. The molecule has 2 aromatic carbocycles. The van der Waals surface area contributed by atoms with Gasteiger partial charge in [-0.15, -0.1) is 10.2 Å². The number of ether oxygens (including phenoxy) is 2. The van der Waals surface area contributed by atoms with Crippen LogP contribution in [0.1, 0.15) is 22.8 Å². The third kappa shape index (κ3) is 6.23. The quantitative estimate of drug-likeness (QED) is 0.469. The molecule has 3 aromatic rings. The zero-order valence-electron chi connectivity index (χ0n) is 17.2. The summed E-state index contributed by atoms with van der Waals surface area (Å²) in [7, 11) is -2.35. The van der Waals surface area contributed by atoms with Crippen LogP contribution in [-0.2, 0) is 10.0 Å². The van der Waals surface area contributed by atoms with Gasteiger partial charge in [0, 0.05) is 5.56 Å². The summed E-state index contributed by atoms with van der Waals surface area (Å²) in [4.78, 5) is 12.3. The minimum atomic E-state index is -3.92. The van der Waals surface area contributed by atoms with Crippen molar-refractivity contribution in [2.45, 2.75) is 24.2 Å². The minimum absolute atomic E-state index is 0.0917. The van der Waals surface area contributed by atoms with Gasteiger partial charge in [0.2, 0.25) is 9.47 Å². The highest BCUT2D eigenvalue weighted by atomic mass is 32.2. The van der Waals surface area contributed by atoms with Gasteiger partial charge >= 0.3 is 0 Å². The van der Waals surface area contributed by atoms with Crippen LogP contribution in [0.2, 0.25) is 0 Å². The van der Waals surface area contributed by atoms with Gasteiger partial charge in [-0.05, 0) is 50.2 Å². The van der Waals surface area contributed by atoms with Crippen molar-refractivity contribution in [2.24, 2.45) is 0 Å². The fourth-order valence-corrected chi connectivity index (χ4v) is 4.71. The summed E-state index contributed by atoms with van der Waals surface area (Å²) in [6.07, 6.45) is 0. The Hall–Kier alpha value is -3.02. The second-order valence-corrected chi connectivity index (χ2v) is 9.57. The Kier molecular flexibility index (Phi) is 7.21. The van der Waals surface area contributed by atoms with E-state index in [2.05, 4.69) is 20.2 Å². The van der Waals surface area contributed by atoms with Crippen molar-refractivity contribution in [3.63, 3.8) is 0 Å². The number of carbonyl (C=O) groups excluding carboxylic acids is 1. The summed E-state index contributed by atoms with van der Waals surface area (Å²) in [5.41, 5.74) is 1.38. The molecule has 0 saturated carbocycles. The van der Waals surface area contributed by atoms with E-state index in [0.717, 1.165) is 16.9 Å². The number of anilines is 1. The number of methoxy groups -OCH3 is 1. The number of aromatic nitrogens is 2. The fraction of sp³-hybridized carbons (Fsp3) is 0.250. The second kappa shape index (κ2) is 9.86. The molecule has 0 aliphatic rings. The van der Waals surface area contributed by atoms with Gasteiger partial charge in [-0.2, -0.15) is 0 Å². The molecule has 0 fully saturated rings. The van der Waals surface area contributed by atoms with E-state index >= 15 is 0 Å². The Morgan fingerprint density at radius 2 is 1.84 bits per heavy atom. The number of nitrogens with one attached hydrogen (secondary N) is 2. The average Bonchev–Trinajstić information content (AvgIpc) is 3.22. The lowest BCUT2D eigenvalue weighted by Crippen LogP contribution is -2.36. The highest BCUT2D eigenvalue weighted by Gasteiger charge is 2.23. The highest BCUT2D eigenvalue weighted by Crippen LogP contribution is 2.21. The molecule has 1 heterocycles. The Bertz CT molecular complexity index is 1150. The van der Waals surface area contributed by atoms with E-state index in [1.54, 1.807) is 56.5 Å². The van der Waals surface area contributed by atoms with Crippen LogP contribution in [0.5, 0.6) is 11.5 Å². The maximum Gasteiger partial charge on any atom is 0.270 e. The van der Waals surface area contributed by atoms with Crippen LogP contribution in [-0.4, -0.2) is 44.3 Å². The number of sulfonamides is 1. The summed E-state index contributed by atoms with van der Waals surface area (Å²) in [6.45, 7) is 3.65. The van der Waals surface area contributed by atoms with Crippen molar-refractivity contribution < 1.29 is 22.7 Å². The summed E-state index contributed by atoms with van der Waals surface area (Å²) in [5.74, 6) is 0.893. The van der Waals surface area contributed by atoms with Gasteiger partial charge in [-0.3, -0.25) is 10.1 Å². The molecule has 31 heavy (non-hydrogen) atoms. The van der Waals surface area contributed by atoms with Crippen LogP contribution in [0, 0.1) is 6.92 Å². The second-order valence-electron chi connectivity index (χ2n) is 6.71. The highest BCUT2D eigenvalue weighted by molar-refractivity contribution is 7.91. The molecule has 11 heteroatoms. The van der Waals surface area contributed by atoms with E-state index in [-0.39, 0.29) is 16.1 Å². The number of rotatable bonds is 9. The van der Waals surface area contributed by atoms with Crippen molar-refractivity contribution in [3.8, 4) is 11.5 Å². The SMILES string of the molecule is COc1ccc(OC[C@H](C)NS(=O)(=O)c2nnc(NC(=O)c3cccc(C)c3)s2)cc1. The smallest absolute Gasteiger partial charge is 0.270 e. The van der Waals surface area contributed by atoms with E-state index in [1.807, 2.05) is 13.0 Å². The molecule has 0 aliphatic heterocycles. The lowest BCUT2D eigenvalue weighted by Gasteiger charge is -2.14. The molecule has 0 aliphatic carbocycles. The molecule has 3 rings (SSSR count). The number of carbonyl (C=O) groups is 1. The molecule has 1 atom stereocenters. The van der Waals surface area contributed by atoms with Gasteiger partial charge in [0.05, 0.1) is 13.2 Å². The molecule has 0 unspecified atom stereocenters. The van der Waals surface area contributed by atoms with Gasteiger partial charge in [-0.25, -0.2) is 13.1 Å². The number of nitrogens with zero attached hydrogens (tertiary/aromatic N) is 2. The lowest BCUT2D eigenvalue weighted by atomic mass is 10.1. The normalized spacial score (nSPS) is 12.2. The summed E-state index contributed by atoms with van der Waals surface area (Å²) < 4.78 is 38.0. The number of aryl methyl sites for hydroxylation is 1. The van der Waals surface area contributed by atoms with Crippen molar-refractivity contribution >= 4 is 32.4 Å². The molecule has 0 bridgehead atoms. The Morgan fingerprint density at radius 3 is 2.52 bits per heavy atom. The maximum absolute atomic E-state index is 12.6. The van der Waals surface area contributed by atoms with Crippen LogP contribution in [0.15, 0.2) is 52.9 Å². The summed E-state index contributed by atoms with van der Waals surface area (Å²) in [6, 6.07) is 13.4. The largest absolute Gasteiger partial charge is 0.497 e. The van der Waals surface area contributed by atoms with Gasteiger partial charge in [0.15, 0.2) is 0 Å². The zero-order valence-corrected chi connectivity index (χ0v) is 18.8. The molecular weight excluding hydrogens is 440 g/mol. The number of amides is 1. The van der Waals surface area contributed by atoms with E-state index in [0.29, 0.717) is 17.1 Å². The topological polar surface area (TPSA) is 120 Å². The van der Waals surface area contributed by atoms with Crippen LogP contribution in [0.3, 0.4) is 0 Å². The molecule has 2 N–H and O–H groups in total. The molecule has 9 nitrogen and oxygen atoms in total. The third-order valence-corrected chi connectivity index (χ3v) is 6.85. The molecule has 1 amide bonds. The van der Waals surface area contributed by atoms with Gasteiger partial charge < -0.3 is 9.47 Å². The van der Waals surface area contributed by atoms with Gasteiger partial charge in [0.1, 0.15) is 18.1 Å². The van der Waals surface area contributed by atoms with E-state index < -0.39 is 22.0 Å². The standard InChI is InChI=1S/C20H22N4O5S2/c1-13-5-4-6-15(11-13)18(25)21-19-22-23-20(30-19)31(26,27)24-14(2)12-29-17-9-7-16(28-3)8-10-17/h4-11,14,24H,12H2,1-3H3,(H,21,22,25)/t14-/m0/s1. The van der Waals surface area contributed by atoms with E-state index in [1.165, 1.54) is 0 Å². The Balaban J connectivity index is 1.57. The molecular formula is C20H22N4O5S2. The summed E-state index contributed by atoms with van der Waals surface area (Å²) >= 11 is 0.768. The van der Waals surface area contributed by atoms with Crippen molar-refractivity contribution in [1.29, 1.82) is 0 Å². The Morgan fingerprint density at radius 1 is 1.13 bits per heavy atom. The van der Waals surface area contributed by atoms with Gasteiger partial charge in [-0.1, -0.05) is 29.0 Å². The van der Waals surface area contributed by atoms with Crippen LogP contribution in [0.25, 0.3) is 0 Å². The van der Waals surface area contributed by atoms with E-state index in [4.69, 9.17) is 9.47 Å². The molecule has 164 valence electrons. The van der Waals surface area contributed by atoms with Crippen molar-refractivity contribution in [1.82, 2.24) is 14.9 Å². The van der Waals surface area contributed by atoms with Crippen LogP contribution >= 0.6 is 11.3 Å². The Labute approximate surface area is 184 Å². The number of benzene rings is 2. The minimum Gasteiger partial charge on any atom is -0.497 e. The third-order valence-electron chi connectivity index (χ3n) is 4.05. The fourth-order valence-electron chi connectivity index (χ4n) is 2.57. The average molecular weight is 463 g/mol. The lowest BCUT2D eigenvalue weighted by molar-refractivity contribution is 0.102. The first kappa shape index (κ1) is 22.7. The zero-order chi connectivity index (χ0) is 22.4. The predicted octanol–water partition coefficient (Wildman–Crippen LogP) is 2.85. The maximum atomic E-state index is 12.6. The van der Waals surface area contributed by atoms with Crippen LogP contribution < -0.4 is 19.5 Å². The van der Waals surface area contributed by atoms with E-state index in [9.17, 15) is 13.2 Å². The first-order chi connectivity index (χ1) is 14.8. The van der Waals surface area contributed by atoms with Crippen LogP contribution in [0.4, 0.5) is 5.13 Å². The molecule has 1 aromatic heterocycles. The predicted molar refractivity (Wildman–Crippen MR) is 117 cm³/mol. The number of hydrogen-bond donors (Lipinski definition) is 2. The number of hydrogen-bond acceptors (Lipinski definition) is 8. The van der Waals surface area contributed by atoms with Gasteiger partial charge in [0.25, 0.3) is 15.9 Å². The monoisotopic (exact) mass is 462 g/mol. The molecule has 0 spiro atoms. The van der Waals surface area contributed by atoms with Crippen molar-refractivity contribution in [3.05, 3.63) is 59.7 Å². The molecule has 0 radical (unpaired) electrons. The van der Waals surface area contributed by atoms with Crippen molar-refractivity contribution in [2.75, 3.05) is 19.0 Å². The first-order valence-corrected chi connectivity index (χ1v) is 11.6.